The number of nitrogens with one attached hydrogen (secondary N) is 1. The Labute approximate surface area is 82.7 Å². The summed E-state index contributed by atoms with van der Waals surface area (Å²) in [5, 5.41) is 3.11. The first kappa shape index (κ1) is 9.21. The molecule has 1 aliphatic rings. The van der Waals surface area contributed by atoms with Crippen molar-refractivity contribution in [1.82, 2.24) is 9.97 Å². The Morgan fingerprint density at radius 3 is 2.93 bits per heavy atom. The van der Waals surface area contributed by atoms with Gasteiger partial charge in [0.05, 0.1) is 24.2 Å². The molecule has 5 nitrogen and oxygen atoms in total. The summed E-state index contributed by atoms with van der Waals surface area (Å²) in [5.74, 6) is 0.606. The molecule has 76 valence electrons. The van der Waals surface area contributed by atoms with Gasteiger partial charge in [0, 0.05) is 13.2 Å². The smallest absolute Gasteiger partial charge is 0.222 e. The molecule has 0 bridgehead atoms. The number of nitrogen functional groups attached to an aromatic ring is 1. The first-order chi connectivity index (χ1) is 6.84. The normalized spacial score (nSPS) is 21.0. The summed E-state index contributed by atoms with van der Waals surface area (Å²) >= 11 is 0. The zero-order valence-corrected chi connectivity index (χ0v) is 7.94. The third kappa shape index (κ3) is 2.32. The SMILES string of the molecule is Nc1cnc(NCC2CCCO2)nc1. The Balaban J connectivity index is 1.82. The summed E-state index contributed by atoms with van der Waals surface area (Å²) in [6, 6.07) is 0. The van der Waals surface area contributed by atoms with Crippen molar-refractivity contribution >= 4 is 11.6 Å². The van der Waals surface area contributed by atoms with Gasteiger partial charge in [-0.05, 0) is 12.8 Å². The van der Waals surface area contributed by atoms with Crippen LogP contribution < -0.4 is 11.1 Å². The molecule has 0 aromatic carbocycles. The van der Waals surface area contributed by atoms with E-state index in [9.17, 15) is 0 Å². The van der Waals surface area contributed by atoms with Gasteiger partial charge in [0.25, 0.3) is 0 Å². The molecule has 0 amide bonds. The van der Waals surface area contributed by atoms with Gasteiger partial charge in [-0.3, -0.25) is 0 Å². The van der Waals surface area contributed by atoms with Gasteiger partial charge in [-0.25, -0.2) is 9.97 Å². The average molecular weight is 194 g/mol. The van der Waals surface area contributed by atoms with E-state index in [1.54, 1.807) is 12.4 Å². The summed E-state index contributed by atoms with van der Waals surface area (Å²) in [5.41, 5.74) is 6.04. The zero-order chi connectivity index (χ0) is 9.80. The lowest BCUT2D eigenvalue weighted by Crippen LogP contribution is -2.19. The fourth-order valence-corrected chi connectivity index (χ4v) is 1.44. The molecular formula is C9H14N4O. The van der Waals surface area contributed by atoms with Gasteiger partial charge in [-0.15, -0.1) is 0 Å². The van der Waals surface area contributed by atoms with Crippen molar-refractivity contribution in [3.05, 3.63) is 12.4 Å². The van der Waals surface area contributed by atoms with Crippen molar-refractivity contribution in [2.24, 2.45) is 0 Å². The second-order valence-corrected chi connectivity index (χ2v) is 3.36. The first-order valence-corrected chi connectivity index (χ1v) is 4.77. The predicted octanol–water partition coefficient (Wildman–Crippen LogP) is 0.650. The monoisotopic (exact) mass is 194 g/mol. The minimum atomic E-state index is 0.302. The van der Waals surface area contributed by atoms with Crippen LogP contribution in [0.5, 0.6) is 0 Å². The summed E-state index contributed by atoms with van der Waals surface area (Å²) in [6.45, 7) is 1.64. The van der Waals surface area contributed by atoms with E-state index >= 15 is 0 Å². The quantitative estimate of drug-likeness (QED) is 0.739. The van der Waals surface area contributed by atoms with Crippen LogP contribution in [-0.4, -0.2) is 29.2 Å². The maximum atomic E-state index is 5.47. The van der Waals surface area contributed by atoms with Crippen molar-refractivity contribution in [3.8, 4) is 0 Å². The largest absolute Gasteiger partial charge is 0.396 e. The fourth-order valence-electron chi connectivity index (χ4n) is 1.44. The van der Waals surface area contributed by atoms with Gasteiger partial charge in [0.15, 0.2) is 0 Å². The Kier molecular flexibility index (Phi) is 2.78. The maximum Gasteiger partial charge on any atom is 0.222 e. The van der Waals surface area contributed by atoms with E-state index in [1.165, 1.54) is 0 Å². The number of nitrogens with zero attached hydrogens (tertiary/aromatic N) is 2. The van der Waals surface area contributed by atoms with E-state index in [0.29, 0.717) is 17.7 Å². The highest BCUT2D eigenvalue weighted by Gasteiger charge is 2.14. The van der Waals surface area contributed by atoms with Crippen molar-refractivity contribution in [2.45, 2.75) is 18.9 Å². The fraction of sp³-hybridized carbons (Fsp3) is 0.556. The third-order valence-corrected chi connectivity index (χ3v) is 2.18. The molecule has 0 spiro atoms. The molecule has 2 heterocycles. The minimum absolute atomic E-state index is 0.302. The lowest BCUT2D eigenvalue weighted by Gasteiger charge is -2.09. The maximum absolute atomic E-state index is 5.47. The molecule has 2 rings (SSSR count). The molecule has 1 aliphatic heterocycles. The molecule has 1 unspecified atom stereocenters. The molecule has 14 heavy (non-hydrogen) atoms. The number of ether oxygens (including phenoxy) is 1. The molecule has 1 aromatic rings. The molecule has 5 heteroatoms. The van der Waals surface area contributed by atoms with Crippen LogP contribution >= 0.6 is 0 Å². The van der Waals surface area contributed by atoms with E-state index in [4.69, 9.17) is 10.5 Å². The number of aromatic nitrogens is 2. The average Bonchev–Trinajstić information content (AvgIpc) is 2.70. The van der Waals surface area contributed by atoms with Crippen LogP contribution in [0.2, 0.25) is 0 Å². The van der Waals surface area contributed by atoms with Crippen molar-refractivity contribution < 1.29 is 4.74 Å². The molecule has 1 aromatic heterocycles. The molecule has 1 atom stereocenters. The van der Waals surface area contributed by atoms with Crippen LogP contribution in [0.3, 0.4) is 0 Å². The summed E-state index contributed by atoms with van der Waals surface area (Å²) < 4.78 is 5.46. The van der Waals surface area contributed by atoms with E-state index < -0.39 is 0 Å². The number of anilines is 2. The highest BCUT2D eigenvalue weighted by Crippen LogP contribution is 2.12. The standard InChI is InChI=1S/C9H14N4O/c10-7-4-11-9(12-5-7)13-6-8-2-1-3-14-8/h4-5,8H,1-3,6,10H2,(H,11,12,13). The number of rotatable bonds is 3. The Morgan fingerprint density at radius 2 is 2.29 bits per heavy atom. The topological polar surface area (TPSA) is 73.1 Å². The molecule has 3 N–H and O–H groups in total. The van der Waals surface area contributed by atoms with Crippen LogP contribution in [0.25, 0.3) is 0 Å². The van der Waals surface area contributed by atoms with Crippen LogP contribution in [0, 0.1) is 0 Å². The van der Waals surface area contributed by atoms with Crippen LogP contribution in [0.15, 0.2) is 12.4 Å². The first-order valence-electron chi connectivity index (χ1n) is 4.77. The molecule has 1 saturated heterocycles. The third-order valence-electron chi connectivity index (χ3n) is 2.18. The molecular weight excluding hydrogens is 180 g/mol. The number of hydrogen-bond donors (Lipinski definition) is 2. The summed E-state index contributed by atoms with van der Waals surface area (Å²) in [6.07, 6.45) is 5.74. The molecule has 0 saturated carbocycles. The van der Waals surface area contributed by atoms with Gasteiger partial charge in [-0.2, -0.15) is 0 Å². The van der Waals surface area contributed by atoms with Crippen molar-refractivity contribution in [1.29, 1.82) is 0 Å². The zero-order valence-electron chi connectivity index (χ0n) is 7.94. The van der Waals surface area contributed by atoms with Crippen LogP contribution in [0.4, 0.5) is 11.6 Å². The molecule has 0 aliphatic carbocycles. The van der Waals surface area contributed by atoms with Crippen molar-refractivity contribution in [2.75, 3.05) is 24.2 Å². The van der Waals surface area contributed by atoms with Crippen molar-refractivity contribution in [3.63, 3.8) is 0 Å². The van der Waals surface area contributed by atoms with E-state index in [0.717, 1.165) is 26.0 Å². The molecule has 1 fully saturated rings. The van der Waals surface area contributed by atoms with Crippen LogP contribution in [-0.2, 0) is 4.74 Å². The molecule has 0 radical (unpaired) electrons. The Bertz CT molecular complexity index is 281. The second-order valence-electron chi connectivity index (χ2n) is 3.36. The highest BCUT2D eigenvalue weighted by molar-refractivity contribution is 5.35. The second kappa shape index (κ2) is 4.23. The Hall–Kier alpha value is -1.36. The lowest BCUT2D eigenvalue weighted by atomic mass is 10.2. The van der Waals surface area contributed by atoms with Gasteiger partial charge in [-0.1, -0.05) is 0 Å². The van der Waals surface area contributed by atoms with Crippen LogP contribution in [0.1, 0.15) is 12.8 Å². The predicted molar refractivity (Wildman–Crippen MR) is 53.9 cm³/mol. The summed E-state index contributed by atoms with van der Waals surface area (Å²) in [7, 11) is 0. The van der Waals surface area contributed by atoms with Gasteiger partial charge >= 0.3 is 0 Å². The van der Waals surface area contributed by atoms with E-state index in [1.807, 2.05) is 0 Å². The number of nitrogens with two attached hydrogens (primary N) is 1. The van der Waals surface area contributed by atoms with E-state index in [-0.39, 0.29) is 0 Å². The number of hydrogen-bond acceptors (Lipinski definition) is 5. The van der Waals surface area contributed by atoms with Gasteiger partial charge in [0.1, 0.15) is 0 Å². The summed E-state index contributed by atoms with van der Waals surface area (Å²) in [4.78, 5) is 8.07. The van der Waals surface area contributed by atoms with Gasteiger partial charge in [0.2, 0.25) is 5.95 Å². The minimum Gasteiger partial charge on any atom is -0.396 e. The Morgan fingerprint density at radius 1 is 1.50 bits per heavy atom. The van der Waals surface area contributed by atoms with Gasteiger partial charge < -0.3 is 15.8 Å². The highest BCUT2D eigenvalue weighted by atomic mass is 16.5. The van der Waals surface area contributed by atoms with E-state index in [2.05, 4.69) is 15.3 Å². The lowest BCUT2D eigenvalue weighted by molar-refractivity contribution is 0.120.